The number of benzene rings is 2. The minimum Gasteiger partial charge on any atom is -0.332 e. The fourth-order valence-electron chi connectivity index (χ4n) is 2.12. The lowest BCUT2D eigenvalue weighted by atomic mass is 10.1. The van der Waals surface area contributed by atoms with Crippen molar-refractivity contribution in [3.05, 3.63) is 64.5 Å². The average Bonchev–Trinajstić information content (AvgIpc) is 2.93. The molecule has 0 spiro atoms. The molecule has 3 rings (SSSR count). The summed E-state index contributed by atoms with van der Waals surface area (Å²) in [6, 6.07) is 14.8. The second-order valence-electron chi connectivity index (χ2n) is 5.33. The Kier molecular flexibility index (Phi) is 5.22. The van der Waals surface area contributed by atoms with E-state index in [2.05, 4.69) is 78.9 Å². The molecule has 2 aromatic carbocycles. The number of anilines is 2. The Labute approximate surface area is 141 Å². The van der Waals surface area contributed by atoms with Gasteiger partial charge >= 0.3 is 0 Å². The highest BCUT2D eigenvalue weighted by molar-refractivity contribution is 7.14. The maximum Gasteiger partial charge on any atom is 0.187 e. The van der Waals surface area contributed by atoms with E-state index in [0.717, 1.165) is 16.5 Å². The number of halogens is 1. The van der Waals surface area contributed by atoms with E-state index in [1.807, 2.05) is 0 Å². The molecule has 0 aliphatic carbocycles. The second kappa shape index (κ2) is 6.95. The molecule has 114 valence electrons. The first-order chi connectivity index (χ1) is 10.1. The van der Waals surface area contributed by atoms with Gasteiger partial charge in [-0.1, -0.05) is 29.8 Å². The van der Waals surface area contributed by atoms with Crippen molar-refractivity contribution in [3.8, 4) is 11.3 Å². The number of nitrogens with one attached hydrogen (secondary N) is 1. The first-order valence-electron chi connectivity index (χ1n) is 6.99. The molecule has 0 unspecified atom stereocenters. The molecule has 0 amide bonds. The summed E-state index contributed by atoms with van der Waals surface area (Å²) in [5, 5.41) is 6.38. The fraction of sp³-hybridized carbons (Fsp3) is 0.167. The number of hydrogen-bond donors (Lipinski definition) is 1. The third-order valence-corrected chi connectivity index (χ3v) is 4.37. The van der Waals surface area contributed by atoms with E-state index in [9.17, 15) is 0 Å². The van der Waals surface area contributed by atoms with Crippen LogP contribution >= 0.6 is 23.7 Å². The van der Waals surface area contributed by atoms with Crippen LogP contribution in [-0.4, -0.2) is 4.98 Å². The predicted octanol–water partition coefficient (Wildman–Crippen LogP) is 5.90. The van der Waals surface area contributed by atoms with E-state index in [-0.39, 0.29) is 12.4 Å². The standard InChI is InChI=1S/C18H18N2S.ClH/c1-12-4-8-16(9-5-12)19-18-20-17(11-21-18)15-7-6-13(2)14(3)10-15;/h4-11H,1-3H3,(H,19,20);1H. The average molecular weight is 331 g/mol. The number of aryl methyl sites for hydroxylation is 3. The number of thiazole rings is 1. The molecule has 0 radical (unpaired) electrons. The van der Waals surface area contributed by atoms with Gasteiger partial charge in [0.2, 0.25) is 0 Å². The molecule has 2 nitrogen and oxygen atoms in total. The van der Waals surface area contributed by atoms with Gasteiger partial charge in [0.1, 0.15) is 0 Å². The highest BCUT2D eigenvalue weighted by Gasteiger charge is 2.06. The molecule has 0 saturated carbocycles. The van der Waals surface area contributed by atoms with Crippen LogP contribution in [0, 0.1) is 20.8 Å². The Morgan fingerprint density at radius 3 is 2.32 bits per heavy atom. The lowest BCUT2D eigenvalue weighted by molar-refractivity contribution is 1.32. The van der Waals surface area contributed by atoms with Gasteiger partial charge < -0.3 is 5.32 Å². The van der Waals surface area contributed by atoms with Crippen molar-refractivity contribution in [1.29, 1.82) is 0 Å². The molecule has 1 heterocycles. The Hall–Kier alpha value is -1.84. The zero-order valence-electron chi connectivity index (χ0n) is 12.9. The van der Waals surface area contributed by atoms with Gasteiger partial charge in [-0.15, -0.1) is 23.7 Å². The molecule has 0 fully saturated rings. The third-order valence-electron chi connectivity index (χ3n) is 3.61. The number of aromatic nitrogens is 1. The summed E-state index contributed by atoms with van der Waals surface area (Å²) in [7, 11) is 0. The monoisotopic (exact) mass is 330 g/mol. The maximum atomic E-state index is 4.68. The highest BCUT2D eigenvalue weighted by Crippen LogP contribution is 2.28. The normalized spacial score (nSPS) is 10.1. The van der Waals surface area contributed by atoms with Crippen LogP contribution in [0.2, 0.25) is 0 Å². The number of rotatable bonds is 3. The van der Waals surface area contributed by atoms with Crippen molar-refractivity contribution in [2.75, 3.05) is 5.32 Å². The largest absolute Gasteiger partial charge is 0.332 e. The Bertz CT molecular complexity index is 763. The molecular formula is C18H19ClN2S. The van der Waals surface area contributed by atoms with Crippen molar-refractivity contribution in [2.45, 2.75) is 20.8 Å². The van der Waals surface area contributed by atoms with Crippen molar-refractivity contribution < 1.29 is 0 Å². The van der Waals surface area contributed by atoms with Crippen molar-refractivity contribution in [3.63, 3.8) is 0 Å². The quantitative estimate of drug-likeness (QED) is 0.646. The molecule has 0 aliphatic rings. The smallest absolute Gasteiger partial charge is 0.187 e. The van der Waals surface area contributed by atoms with Gasteiger partial charge in [0.25, 0.3) is 0 Å². The Morgan fingerprint density at radius 2 is 1.64 bits per heavy atom. The van der Waals surface area contributed by atoms with Crippen molar-refractivity contribution in [1.82, 2.24) is 4.98 Å². The molecule has 0 saturated heterocycles. The topological polar surface area (TPSA) is 24.9 Å². The minimum absolute atomic E-state index is 0. The van der Waals surface area contributed by atoms with Crippen LogP contribution in [0.1, 0.15) is 16.7 Å². The maximum absolute atomic E-state index is 4.68. The van der Waals surface area contributed by atoms with Crippen molar-refractivity contribution in [2.24, 2.45) is 0 Å². The molecule has 1 N–H and O–H groups in total. The molecular weight excluding hydrogens is 312 g/mol. The summed E-state index contributed by atoms with van der Waals surface area (Å²) >= 11 is 1.63. The van der Waals surface area contributed by atoms with Crippen molar-refractivity contribution >= 4 is 34.6 Å². The predicted molar refractivity (Wildman–Crippen MR) is 98.7 cm³/mol. The van der Waals surface area contributed by atoms with Gasteiger partial charge in [-0.2, -0.15) is 0 Å². The van der Waals surface area contributed by atoms with E-state index >= 15 is 0 Å². The highest BCUT2D eigenvalue weighted by atomic mass is 35.5. The van der Waals surface area contributed by atoms with Gasteiger partial charge in [0, 0.05) is 16.6 Å². The van der Waals surface area contributed by atoms with E-state index in [0.29, 0.717) is 0 Å². The summed E-state index contributed by atoms with van der Waals surface area (Å²) < 4.78 is 0. The first kappa shape index (κ1) is 16.5. The summed E-state index contributed by atoms with van der Waals surface area (Å²) in [4.78, 5) is 4.68. The lowest BCUT2D eigenvalue weighted by Crippen LogP contribution is -1.89. The lowest BCUT2D eigenvalue weighted by Gasteiger charge is -2.03. The Morgan fingerprint density at radius 1 is 0.909 bits per heavy atom. The molecule has 22 heavy (non-hydrogen) atoms. The minimum atomic E-state index is 0. The zero-order chi connectivity index (χ0) is 14.8. The van der Waals surface area contributed by atoms with Crippen LogP contribution in [0.25, 0.3) is 11.3 Å². The molecule has 0 bridgehead atoms. The van der Waals surface area contributed by atoms with Crippen LogP contribution in [0.3, 0.4) is 0 Å². The third kappa shape index (κ3) is 3.67. The van der Waals surface area contributed by atoms with Gasteiger partial charge in [-0.25, -0.2) is 4.98 Å². The van der Waals surface area contributed by atoms with Crippen LogP contribution in [0.15, 0.2) is 47.8 Å². The van der Waals surface area contributed by atoms with Gasteiger partial charge in [-0.3, -0.25) is 0 Å². The fourth-order valence-corrected chi connectivity index (χ4v) is 2.86. The van der Waals surface area contributed by atoms with E-state index in [4.69, 9.17) is 0 Å². The molecule has 0 atom stereocenters. The molecule has 0 aliphatic heterocycles. The van der Waals surface area contributed by atoms with Gasteiger partial charge in [-0.05, 0) is 50.1 Å². The van der Waals surface area contributed by atoms with Crippen LogP contribution in [0.4, 0.5) is 10.8 Å². The molecule has 4 heteroatoms. The SMILES string of the molecule is Cc1ccc(Nc2nc(-c3ccc(C)c(C)c3)cs2)cc1.Cl. The van der Waals surface area contributed by atoms with Gasteiger partial charge in [0.15, 0.2) is 5.13 Å². The van der Waals surface area contributed by atoms with Crippen LogP contribution < -0.4 is 5.32 Å². The first-order valence-corrected chi connectivity index (χ1v) is 7.86. The zero-order valence-corrected chi connectivity index (χ0v) is 14.5. The summed E-state index contributed by atoms with van der Waals surface area (Å²) in [6.07, 6.45) is 0. The van der Waals surface area contributed by atoms with E-state index in [1.165, 1.54) is 22.3 Å². The van der Waals surface area contributed by atoms with Gasteiger partial charge in [0.05, 0.1) is 5.69 Å². The Balaban J connectivity index is 0.00000176. The molecule has 1 aromatic heterocycles. The van der Waals surface area contributed by atoms with E-state index in [1.54, 1.807) is 11.3 Å². The molecule has 3 aromatic rings. The van der Waals surface area contributed by atoms with Crippen LogP contribution in [-0.2, 0) is 0 Å². The van der Waals surface area contributed by atoms with E-state index < -0.39 is 0 Å². The summed E-state index contributed by atoms with van der Waals surface area (Å²) in [5.74, 6) is 0. The summed E-state index contributed by atoms with van der Waals surface area (Å²) in [5.41, 5.74) is 7.14. The summed E-state index contributed by atoms with van der Waals surface area (Å²) in [6.45, 7) is 6.35. The second-order valence-corrected chi connectivity index (χ2v) is 6.19. The number of nitrogens with zero attached hydrogens (tertiary/aromatic N) is 1. The van der Waals surface area contributed by atoms with Crippen LogP contribution in [0.5, 0.6) is 0 Å². The number of hydrogen-bond acceptors (Lipinski definition) is 3.